The molecule has 1 aliphatic heterocycles. The second-order valence-corrected chi connectivity index (χ2v) is 10.7. The van der Waals surface area contributed by atoms with E-state index in [9.17, 15) is 9.90 Å². The number of nitrogens with zero attached hydrogens (tertiary/aromatic N) is 2. The molecule has 1 atom stereocenters. The van der Waals surface area contributed by atoms with E-state index in [0.717, 1.165) is 39.1 Å². The van der Waals surface area contributed by atoms with E-state index >= 15 is 0 Å². The predicted octanol–water partition coefficient (Wildman–Crippen LogP) is 5.64. The van der Waals surface area contributed by atoms with E-state index in [1.165, 1.54) is 19.3 Å². The molecule has 0 radical (unpaired) electrons. The maximum Gasteiger partial charge on any atom is 0.340 e. The second kappa shape index (κ2) is 12.3. The maximum absolute atomic E-state index is 13.0. The lowest BCUT2D eigenvalue weighted by Gasteiger charge is -2.28. The van der Waals surface area contributed by atoms with Gasteiger partial charge < -0.3 is 24.0 Å². The Bertz CT molecular complexity index is 1150. The first-order chi connectivity index (χ1) is 17.0. The second-order valence-electron chi connectivity index (χ2n) is 8.83. The van der Waals surface area contributed by atoms with Gasteiger partial charge in [-0.2, -0.15) is 0 Å². The number of esters is 1. The summed E-state index contributed by atoms with van der Waals surface area (Å²) in [5.74, 6) is 0.903. The van der Waals surface area contributed by atoms with Crippen LogP contribution in [0.2, 0.25) is 0 Å². The summed E-state index contributed by atoms with van der Waals surface area (Å²) < 4.78 is 14.3. The quantitative estimate of drug-likeness (QED) is 0.256. The van der Waals surface area contributed by atoms with Crippen LogP contribution in [-0.4, -0.2) is 59.5 Å². The van der Waals surface area contributed by atoms with Crippen molar-refractivity contribution in [3.05, 3.63) is 58.2 Å². The molecule has 0 aliphatic carbocycles. The number of piperidine rings is 1. The van der Waals surface area contributed by atoms with E-state index in [1.807, 2.05) is 44.3 Å². The van der Waals surface area contributed by atoms with Gasteiger partial charge >= 0.3 is 5.97 Å². The van der Waals surface area contributed by atoms with Crippen molar-refractivity contribution >= 4 is 44.6 Å². The molecule has 2 aromatic carbocycles. The van der Waals surface area contributed by atoms with Crippen LogP contribution in [0.1, 0.15) is 42.2 Å². The molecule has 1 aromatic heterocycles. The Hall–Kier alpha value is -2.00. The van der Waals surface area contributed by atoms with E-state index < -0.39 is 6.10 Å². The smallest absolute Gasteiger partial charge is 0.340 e. The summed E-state index contributed by atoms with van der Waals surface area (Å²) in [6.07, 6.45) is 3.06. The number of aromatic nitrogens is 1. The molecule has 3 aromatic rings. The lowest BCUT2D eigenvalue weighted by molar-refractivity contribution is 0.0527. The van der Waals surface area contributed by atoms with E-state index in [4.69, 9.17) is 9.47 Å². The highest BCUT2D eigenvalue weighted by molar-refractivity contribution is 9.10. The van der Waals surface area contributed by atoms with E-state index in [-0.39, 0.29) is 12.6 Å². The Kier molecular flexibility index (Phi) is 9.16. The summed E-state index contributed by atoms with van der Waals surface area (Å²) in [4.78, 5) is 16.5. The first-order valence-corrected chi connectivity index (χ1v) is 13.9. The number of ether oxygens (including phenoxy) is 2. The number of carbonyl (C=O) groups excluding carboxylic acids is 1. The number of benzene rings is 2. The lowest BCUT2D eigenvalue weighted by Crippen LogP contribution is -2.38. The Labute approximate surface area is 219 Å². The summed E-state index contributed by atoms with van der Waals surface area (Å²) >= 11 is 5.31. The van der Waals surface area contributed by atoms with E-state index in [0.29, 0.717) is 30.2 Å². The number of thioether (sulfide) groups is 1. The van der Waals surface area contributed by atoms with Crippen molar-refractivity contribution in [2.45, 2.75) is 42.9 Å². The highest BCUT2D eigenvalue weighted by atomic mass is 79.9. The number of aliphatic hydroxyl groups excluding tert-OH is 1. The van der Waals surface area contributed by atoms with Crippen LogP contribution in [0.25, 0.3) is 10.9 Å². The molecule has 1 N–H and O–H groups in total. The van der Waals surface area contributed by atoms with Crippen molar-refractivity contribution < 1.29 is 19.4 Å². The number of aryl methyl sites for hydroxylation is 1. The van der Waals surface area contributed by atoms with Crippen molar-refractivity contribution in [2.75, 3.05) is 32.8 Å². The molecule has 0 unspecified atom stereocenters. The molecule has 35 heavy (non-hydrogen) atoms. The molecule has 4 rings (SSSR count). The molecular weight excluding hydrogens is 528 g/mol. The van der Waals surface area contributed by atoms with E-state index in [1.54, 1.807) is 11.8 Å². The minimum absolute atomic E-state index is 0.193. The van der Waals surface area contributed by atoms with Crippen LogP contribution in [-0.2, 0) is 17.5 Å². The monoisotopic (exact) mass is 560 g/mol. The van der Waals surface area contributed by atoms with Crippen molar-refractivity contribution in [3.63, 3.8) is 0 Å². The van der Waals surface area contributed by atoms with Crippen LogP contribution in [0.15, 0.2) is 51.8 Å². The Morgan fingerprint density at radius 2 is 1.91 bits per heavy atom. The van der Waals surface area contributed by atoms with E-state index in [2.05, 4.69) is 37.5 Å². The minimum Gasteiger partial charge on any atom is -0.490 e. The lowest BCUT2D eigenvalue weighted by atomic mass is 10.1. The van der Waals surface area contributed by atoms with Crippen molar-refractivity contribution in [1.29, 1.82) is 0 Å². The molecule has 0 bridgehead atoms. The molecular formula is C27H33BrN2O4S. The summed E-state index contributed by atoms with van der Waals surface area (Å²) in [6.45, 7) is 4.99. The number of carbonyl (C=O) groups is 1. The average Bonchev–Trinajstić information content (AvgIpc) is 3.13. The van der Waals surface area contributed by atoms with Crippen molar-refractivity contribution in [1.82, 2.24) is 9.47 Å². The third kappa shape index (κ3) is 6.42. The minimum atomic E-state index is -0.575. The summed E-state index contributed by atoms with van der Waals surface area (Å²) in [7, 11) is 1.97. The molecule has 1 fully saturated rings. The maximum atomic E-state index is 13.0. The number of rotatable bonds is 10. The van der Waals surface area contributed by atoms with Gasteiger partial charge in [-0.05, 0) is 73.1 Å². The molecule has 0 spiro atoms. The number of hydrogen-bond acceptors (Lipinski definition) is 6. The van der Waals surface area contributed by atoms with Crippen LogP contribution in [0.4, 0.5) is 0 Å². The number of β-amino-alcohol motifs (C(OH)–C–C–N with tert-alkyl or cyclic N) is 1. The number of likely N-dealkylation sites (tertiary alicyclic amines) is 1. The van der Waals surface area contributed by atoms with Gasteiger partial charge in [0.1, 0.15) is 18.5 Å². The van der Waals surface area contributed by atoms with Crippen LogP contribution in [0, 0.1) is 0 Å². The molecule has 6 nitrogen and oxygen atoms in total. The van der Waals surface area contributed by atoms with Gasteiger partial charge in [0.2, 0.25) is 0 Å². The molecule has 0 saturated carbocycles. The van der Waals surface area contributed by atoms with Crippen LogP contribution >= 0.6 is 27.7 Å². The van der Waals surface area contributed by atoms with Gasteiger partial charge in [0.25, 0.3) is 0 Å². The third-order valence-electron chi connectivity index (χ3n) is 6.32. The summed E-state index contributed by atoms with van der Waals surface area (Å²) in [5.41, 5.74) is 2.39. The third-order valence-corrected chi connectivity index (χ3v) is 7.96. The average molecular weight is 562 g/mol. The fourth-order valence-electron chi connectivity index (χ4n) is 4.55. The SMILES string of the molecule is CCOC(=O)c1c(CSc2ccccc2)n(C)c2cc(Br)c(OC[C@@H](O)CN3CCCCC3)cc12. The van der Waals surface area contributed by atoms with Gasteiger partial charge in [0.05, 0.1) is 22.2 Å². The Balaban J connectivity index is 1.58. The molecule has 1 aliphatic rings. The van der Waals surface area contributed by atoms with Crippen LogP contribution in [0.3, 0.4) is 0 Å². The molecule has 188 valence electrons. The van der Waals surface area contributed by atoms with Crippen LogP contribution in [0.5, 0.6) is 5.75 Å². The van der Waals surface area contributed by atoms with Gasteiger partial charge in [0.15, 0.2) is 0 Å². The molecule has 2 heterocycles. The van der Waals surface area contributed by atoms with Crippen LogP contribution < -0.4 is 4.74 Å². The first-order valence-electron chi connectivity index (χ1n) is 12.2. The topological polar surface area (TPSA) is 63.9 Å². The number of hydrogen-bond donors (Lipinski definition) is 1. The highest BCUT2D eigenvalue weighted by Gasteiger charge is 2.24. The van der Waals surface area contributed by atoms with Gasteiger partial charge in [-0.3, -0.25) is 0 Å². The normalized spacial score (nSPS) is 15.3. The fraction of sp³-hybridized carbons (Fsp3) is 0.444. The fourth-order valence-corrected chi connectivity index (χ4v) is 5.98. The van der Waals surface area contributed by atoms with Crippen molar-refractivity contribution in [3.8, 4) is 5.75 Å². The number of fused-ring (bicyclic) bond motifs is 1. The Morgan fingerprint density at radius 1 is 1.17 bits per heavy atom. The molecule has 8 heteroatoms. The summed E-state index contributed by atoms with van der Waals surface area (Å²) in [6, 6.07) is 14.0. The van der Waals surface area contributed by atoms with Gasteiger partial charge in [-0.25, -0.2) is 4.79 Å². The first kappa shape index (κ1) is 26.1. The number of aliphatic hydroxyl groups is 1. The zero-order chi connectivity index (χ0) is 24.8. The number of halogens is 1. The van der Waals surface area contributed by atoms with Gasteiger partial charge in [0, 0.05) is 35.3 Å². The summed E-state index contributed by atoms with van der Waals surface area (Å²) in [5, 5.41) is 11.3. The Morgan fingerprint density at radius 3 is 2.63 bits per heavy atom. The highest BCUT2D eigenvalue weighted by Crippen LogP contribution is 2.37. The largest absolute Gasteiger partial charge is 0.490 e. The molecule has 0 amide bonds. The van der Waals surface area contributed by atoms with Gasteiger partial charge in [-0.1, -0.05) is 24.6 Å². The zero-order valence-corrected chi connectivity index (χ0v) is 22.7. The van der Waals surface area contributed by atoms with Crippen molar-refractivity contribution in [2.24, 2.45) is 7.05 Å². The predicted molar refractivity (Wildman–Crippen MR) is 144 cm³/mol. The molecule has 1 saturated heterocycles. The zero-order valence-electron chi connectivity index (χ0n) is 20.3. The van der Waals surface area contributed by atoms with Gasteiger partial charge in [-0.15, -0.1) is 11.8 Å². The standard InChI is InChI=1S/C27H33BrN2O4S/c1-3-33-27(32)26-21-14-25(34-17-19(31)16-30-12-8-5-9-13-30)22(28)15-23(21)29(2)24(26)18-35-20-10-6-4-7-11-20/h4,6-7,10-11,14-15,19,31H,3,5,8-9,12-13,16-18H2,1-2H3/t19-/m0/s1.